The summed E-state index contributed by atoms with van der Waals surface area (Å²) in [5.74, 6) is 1.13. The van der Waals surface area contributed by atoms with E-state index in [0.717, 1.165) is 49.6 Å². The number of halogens is 1. The van der Waals surface area contributed by atoms with Crippen molar-refractivity contribution in [2.45, 2.75) is 33.6 Å². The third-order valence-electron chi connectivity index (χ3n) is 4.39. The maximum Gasteiger partial charge on any atom is 0.184 e. The molecule has 5 nitrogen and oxygen atoms in total. The van der Waals surface area contributed by atoms with Crippen LogP contribution in [-0.2, 0) is 0 Å². The van der Waals surface area contributed by atoms with E-state index >= 15 is 0 Å². The first kappa shape index (κ1) is 16.1. The number of pyridine rings is 1. The average Bonchev–Trinajstić information content (AvgIpc) is 3.02. The maximum atomic E-state index is 4.86. The summed E-state index contributed by atoms with van der Waals surface area (Å²) in [4.78, 5) is 9.52. The molecule has 0 saturated carbocycles. The third-order valence-corrected chi connectivity index (χ3v) is 4.89. The smallest absolute Gasteiger partial charge is 0.184 e. The Balaban J connectivity index is 2.14. The van der Waals surface area contributed by atoms with Gasteiger partial charge in [0.25, 0.3) is 0 Å². The SMILES string of the molecule is Cc1ccc(Br)cc1-c1nnc2c(C)nc3ccc(C(C)C)nc3n12. The third kappa shape index (κ3) is 2.61. The number of benzene rings is 1. The van der Waals surface area contributed by atoms with Gasteiger partial charge in [-0.05, 0) is 49.6 Å². The number of hydrogen-bond donors (Lipinski definition) is 0. The van der Waals surface area contributed by atoms with E-state index in [1.54, 1.807) is 0 Å². The zero-order valence-corrected chi connectivity index (χ0v) is 16.2. The van der Waals surface area contributed by atoms with Gasteiger partial charge in [-0.15, -0.1) is 10.2 Å². The summed E-state index contributed by atoms with van der Waals surface area (Å²) in [6.07, 6.45) is 0. The molecular formula is C19H18BrN5. The summed E-state index contributed by atoms with van der Waals surface area (Å²) in [6, 6.07) is 10.2. The van der Waals surface area contributed by atoms with Gasteiger partial charge in [-0.2, -0.15) is 0 Å². The van der Waals surface area contributed by atoms with Gasteiger partial charge in [0.15, 0.2) is 17.1 Å². The zero-order chi connectivity index (χ0) is 17.7. The van der Waals surface area contributed by atoms with Gasteiger partial charge < -0.3 is 0 Å². The van der Waals surface area contributed by atoms with Crippen molar-refractivity contribution in [3.05, 3.63) is 51.8 Å². The molecular weight excluding hydrogens is 378 g/mol. The molecule has 25 heavy (non-hydrogen) atoms. The number of aryl methyl sites for hydroxylation is 2. The number of nitrogens with zero attached hydrogens (tertiary/aromatic N) is 5. The molecule has 0 fully saturated rings. The lowest BCUT2D eigenvalue weighted by Crippen LogP contribution is -2.03. The summed E-state index contributed by atoms with van der Waals surface area (Å²) in [6.45, 7) is 8.31. The van der Waals surface area contributed by atoms with Crippen LogP contribution in [0, 0.1) is 13.8 Å². The van der Waals surface area contributed by atoms with Gasteiger partial charge in [0.05, 0.1) is 5.69 Å². The highest BCUT2D eigenvalue weighted by atomic mass is 79.9. The Labute approximate surface area is 154 Å². The van der Waals surface area contributed by atoms with E-state index < -0.39 is 0 Å². The van der Waals surface area contributed by atoms with E-state index in [0.29, 0.717) is 5.92 Å². The molecule has 0 amide bonds. The summed E-state index contributed by atoms with van der Waals surface area (Å²) in [5.41, 5.74) is 6.44. The molecule has 0 unspecified atom stereocenters. The van der Waals surface area contributed by atoms with E-state index in [2.05, 4.69) is 64.0 Å². The Morgan fingerprint density at radius 1 is 0.960 bits per heavy atom. The van der Waals surface area contributed by atoms with Crippen LogP contribution >= 0.6 is 15.9 Å². The Kier molecular flexibility index (Phi) is 3.80. The molecule has 0 radical (unpaired) electrons. The van der Waals surface area contributed by atoms with Gasteiger partial charge in [0.2, 0.25) is 0 Å². The molecule has 4 aromatic rings. The van der Waals surface area contributed by atoms with E-state index in [4.69, 9.17) is 4.98 Å². The average molecular weight is 396 g/mol. The molecule has 0 N–H and O–H groups in total. The fourth-order valence-corrected chi connectivity index (χ4v) is 3.35. The van der Waals surface area contributed by atoms with Crippen molar-refractivity contribution in [3.63, 3.8) is 0 Å². The number of rotatable bonds is 2. The van der Waals surface area contributed by atoms with Crippen LogP contribution in [0.15, 0.2) is 34.8 Å². The van der Waals surface area contributed by atoms with Crippen molar-refractivity contribution in [1.29, 1.82) is 0 Å². The highest BCUT2D eigenvalue weighted by Crippen LogP contribution is 2.29. The lowest BCUT2D eigenvalue weighted by molar-refractivity contribution is 0.825. The molecule has 1 aromatic carbocycles. The Morgan fingerprint density at radius 3 is 2.52 bits per heavy atom. The van der Waals surface area contributed by atoms with Gasteiger partial charge in [-0.1, -0.05) is 35.8 Å². The molecule has 126 valence electrons. The highest BCUT2D eigenvalue weighted by Gasteiger charge is 2.17. The monoisotopic (exact) mass is 395 g/mol. The molecule has 3 aromatic heterocycles. The van der Waals surface area contributed by atoms with Crippen molar-refractivity contribution >= 4 is 32.7 Å². The second-order valence-electron chi connectivity index (χ2n) is 6.57. The first-order chi connectivity index (χ1) is 12.0. The minimum atomic E-state index is 0.341. The summed E-state index contributed by atoms with van der Waals surface area (Å²) in [5, 5.41) is 8.85. The minimum Gasteiger partial charge on any atom is -0.255 e. The van der Waals surface area contributed by atoms with Crippen molar-refractivity contribution in [3.8, 4) is 11.4 Å². The number of fused-ring (bicyclic) bond motifs is 3. The molecule has 0 aliphatic heterocycles. The molecule has 0 atom stereocenters. The topological polar surface area (TPSA) is 56.0 Å². The molecule has 4 rings (SSSR count). The van der Waals surface area contributed by atoms with Crippen LogP contribution in [0.1, 0.15) is 36.7 Å². The molecule has 0 aliphatic rings. The molecule has 3 heterocycles. The van der Waals surface area contributed by atoms with Crippen LogP contribution in [0.25, 0.3) is 28.2 Å². The second kappa shape index (κ2) is 5.88. The maximum absolute atomic E-state index is 4.86. The van der Waals surface area contributed by atoms with Crippen LogP contribution < -0.4 is 0 Å². The second-order valence-corrected chi connectivity index (χ2v) is 7.49. The Bertz CT molecular complexity index is 1110. The Morgan fingerprint density at radius 2 is 1.76 bits per heavy atom. The quantitative estimate of drug-likeness (QED) is 0.487. The van der Waals surface area contributed by atoms with Crippen LogP contribution in [0.3, 0.4) is 0 Å². The predicted molar refractivity (Wildman–Crippen MR) is 103 cm³/mol. The molecule has 6 heteroatoms. The largest absolute Gasteiger partial charge is 0.255 e. The predicted octanol–water partition coefficient (Wildman–Crippen LogP) is 4.84. The first-order valence-electron chi connectivity index (χ1n) is 8.24. The van der Waals surface area contributed by atoms with Gasteiger partial charge in [-0.3, -0.25) is 4.40 Å². The Hall–Kier alpha value is -2.34. The highest BCUT2D eigenvalue weighted by molar-refractivity contribution is 9.10. The van der Waals surface area contributed by atoms with Crippen LogP contribution in [0.4, 0.5) is 0 Å². The number of hydrogen-bond acceptors (Lipinski definition) is 4. The fraction of sp³-hybridized carbons (Fsp3) is 0.263. The molecule has 0 bridgehead atoms. The van der Waals surface area contributed by atoms with E-state index in [1.165, 1.54) is 0 Å². The lowest BCUT2D eigenvalue weighted by Gasteiger charge is -2.10. The molecule has 0 spiro atoms. The standard InChI is InChI=1S/C19H18BrN5/c1-10(2)15-7-8-16-19(22-15)25-17(12(4)21-16)23-24-18(25)14-9-13(20)6-5-11(14)3/h5-10H,1-4H3. The van der Waals surface area contributed by atoms with Gasteiger partial charge >= 0.3 is 0 Å². The summed E-state index contributed by atoms with van der Waals surface area (Å²) in [7, 11) is 0. The van der Waals surface area contributed by atoms with Gasteiger partial charge in [0.1, 0.15) is 5.52 Å². The van der Waals surface area contributed by atoms with Crippen LogP contribution in [0.2, 0.25) is 0 Å². The summed E-state index contributed by atoms with van der Waals surface area (Å²) >= 11 is 3.56. The van der Waals surface area contributed by atoms with Gasteiger partial charge in [-0.25, -0.2) is 9.97 Å². The van der Waals surface area contributed by atoms with Crippen molar-refractivity contribution < 1.29 is 0 Å². The minimum absolute atomic E-state index is 0.341. The van der Waals surface area contributed by atoms with Gasteiger partial charge in [0, 0.05) is 15.7 Å². The van der Waals surface area contributed by atoms with E-state index in [-0.39, 0.29) is 0 Å². The molecule has 0 saturated heterocycles. The van der Waals surface area contributed by atoms with Crippen LogP contribution in [0.5, 0.6) is 0 Å². The molecule has 0 aliphatic carbocycles. The zero-order valence-electron chi connectivity index (χ0n) is 14.6. The van der Waals surface area contributed by atoms with Crippen molar-refractivity contribution in [2.75, 3.05) is 0 Å². The normalized spacial score (nSPS) is 11.8. The van der Waals surface area contributed by atoms with Crippen molar-refractivity contribution in [2.24, 2.45) is 0 Å². The lowest BCUT2D eigenvalue weighted by atomic mass is 10.1. The first-order valence-corrected chi connectivity index (χ1v) is 9.04. The van der Waals surface area contributed by atoms with E-state index in [9.17, 15) is 0 Å². The fourth-order valence-electron chi connectivity index (χ4n) is 2.99. The summed E-state index contributed by atoms with van der Waals surface area (Å²) < 4.78 is 3.04. The van der Waals surface area contributed by atoms with E-state index in [1.807, 2.05) is 29.5 Å². The van der Waals surface area contributed by atoms with Crippen molar-refractivity contribution in [1.82, 2.24) is 24.6 Å². The van der Waals surface area contributed by atoms with Crippen LogP contribution in [-0.4, -0.2) is 24.6 Å². The number of aromatic nitrogens is 5.